The van der Waals surface area contributed by atoms with E-state index >= 15 is 0 Å². The van der Waals surface area contributed by atoms with E-state index in [9.17, 15) is 13.2 Å². The van der Waals surface area contributed by atoms with Crippen LogP contribution in [0.2, 0.25) is 0 Å². The summed E-state index contributed by atoms with van der Waals surface area (Å²) in [6.07, 6.45) is 1.64. The molecule has 0 aromatic heterocycles. The predicted octanol–water partition coefficient (Wildman–Crippen LogP) is 0.621. The summed E-state index contributed by atoms with van der Waals surface area (Å²) in [4.78, 5) is 13.5. The Morgan fingerprint density at radius 2 is 2.09 bits per heavy atom. The number of urea groups is 1. The largest absolute Gasteiger partial charge is 0.375 e. The maximum absolute atomic E-state index is 12.6. The highest BCUT2D eigenvalue weighted by Crippen LogP contribution is 2.23. The Morgan fingerprint density at radius 3 is 2.68 bits per heavy atom. The molecule has 0 aromatic rings. The van der Waals surface area contributed by atoms with Crippen molar-refractivity contribution in [1.82, 2.24) is 14.5 Å². The molecule has 2 rings (SSSR count). The molecule has 0 bridgehead atoms. The Labute approximate surface area is 133 Å². The van der Waals surface area contributed by atoms with Gasteiger partial charge in [0.25, 0.3) is 0 Å². The van der Waals surface area contributed by atoms with Crippen molar-refractivity contribution in [2.24, 2.45) is 0 Å². The van der Waals surface area contributed by atoms with E-state index in [2.05, 4.69) is 5.32 Å². The zero-order chi connectivity index (χ0) is 16.4. The SMILES string of the molecule is CCOC(C)(C)CS(=O)(=O)N1CCCC(N2CCNC2=O)C1. The fourth-order valence-corrected chi connectivity index (χ4v) is 5.18. The van der Waals surface area contributed by atoms with Crippen LogP contribution in [0.3, 0.4) is 0 Å². The summed E-state index contributed by atoms with van der Waals surface area (Å²) in [6.45, 7) is 8.14. The Bertz CT molecular complexity index is 506. The molecule has 0 spiro atoms. The van der Waals surface area contributed by atoms with Crippen molar-refractivity contribution in [3.8, 4) is 0 Å². The second-order valence-electron chi connectivity index (χ2n) is 6.53. The minimum atomic E-state index is -3.39. The number of hydrogen-bond acceptors (Lipinski definition) is 4. The van der Waals surface area contributed by atoms with Gasteiger partial charge in [0, 0.05) is 38.8 Å². The molecular formula is C14H27N3O4S. The number of rotatable bonds is 6. The first kappa shape index (κ1) is 17.5. The molecule has 2 aliphatic heterocycles. The van der Waals surface area contributed by atoms with E-state index < -0.39 is 15.6 Å². The summed E-state index contributed by atoms with van der Waals surface area (Å²) in [5.41, 5.74) is -0.703. The second kappa shape index (κ2) is 6.72. The average Bonchev–Trinajstić information content (AvgIpc) is 2.84. The number of carbonyl (C=O) groups excluding carboxylic acids is 1. The van der Waals surface area contributed by atoms with Crippen molar-refractivity contribution in [2.75, 3.05) is 38.5 Å². The summed E-state index contributed by atoms with van der Waals surface area (Å²) in [5.74, 6) is -0.0350. The zero-order valence-corrected chi connectivity index (χ0v) is 14.5. The van der Waals surface area contributed by atoms with Crippen LogP contribution in [0.25, 0.3) is 0 Å². The molecule has 0 aliphatic carbocycles. The Morgan fingerprint density at radius 1 is 1.36 bits per heavy atom. The van der Waals surface area contributed by atoms with Crippen LogP contribution in [-0.4, -0.2) is 73.8 Å². The van der Waals surface area contributed by atoms with Gasteiger partial charge in [-0.05, 0) is 33.6 Å². The summed E-state index contributed by atoms with van der Waals surface area (Å²) in [7, 11) is -3.39. The monoisotopic (exact) mass is 333 g/mol. The van der Waals surface area contributed by atoms with Gasteiger partial charge in [-0.1, -0.05) is 0 Å². The van der Waals surface area contributed by atoms with Crippen LogP contribution in [0.4, 0.5) is 4.79 Å². The van der Waals surface area contributed by atoms with E-state index in [-0.39, 0.29) is 17.8 Å². The number of piperidine rings is 1. The minimum Gasteiger partial charge on any atom is -0.375 e. The molecule has 0 saturated carbocycles. The normalized spacial score (nSPS) is 24.6. The van der Waals surface area contributed by atoms with Gasteiger partial charge >= 0.3 is 6.03 Å². The predicted molar refractivity (Wildman–Crippen MR) is 84.2 cm³/mol. The van der Waals surface area contributed by atoms with Crippen LogP contribution in [0.5, 0.6) is 0 Å². The molecule has 2 heterocycles. The maximum Gasteiger partial charge on any atom is 0.317 e. The van der Waals surface area contributed by atoms with Crippen molar-refractivity contribution in [3.63, 3.8) is 0 Å². The van der Waals surface area contributed by atoms with Crippen LogP contribution in [0, 0.1) is 0 Å². The molecule has 22 heavy (non-hydrogen) atoms. The number of ether oxygens (including phenoxy) is 1. The molecule has 128 valence electrons. The molecule has 1 unspecified atom stereocenters. The highest BCUT2D eigenvalue weighted by molar-refractivity contribution is 7.89. The molecule has 2 saturated heterocycles. The number of sulfonamides is 1. The van der Waals surface area contributed by atoms with Crippen molar-refractivity contribution in [2.45, 2.75) is 45.3 Å². The van der Waals surface area contributed by atoms with Gasteiger partial charge in [-0.3, -0.25) is 0 Å². The van der Waals surface area contributed by atoms with Gasteiger partial charge in [-0.15, -0.1) is 0 Å². The first-order valence-electron chi connectivity index (χ1n) is 7.91. The summed E-state index contributed by atoms with van der Waals surface area (Å²) in [5, 5.41) is 2.77. The van der Waals surface area contributed by atoms with Gasteiger partial charge in [-0.2, -0.15) is 4.31 Å². The van der Waals surface area contributed by atoms with Gasteiger partial charge in [-0.25, -0.2) is 13.2 Å². The Balaban J connectivity index is 2.03. The number of carbonyl (C=O) groups is 1. The third kappa shape index (κ3) is 4.11. The van der Waals surface area contributed by atoms with Gasteiger partial charge in [0.05, 0.1) is 11.4 Å². The summed E-state index contributed by atoms with van der Waals surface area (Å²) < 4.78 is 32.3. The lowest BCUT2D eigenvalue weighted by molar-refractivity contribution is 0.00697. The number of nitrogens with zero attached hydrogens (tertiary/aromatic N) is 2. The van der Waals surface area contributed by atoms with Gasteiger partial charge < -0.3 is 15.0 Å². The lowest BCUT2D eigenvalue weighted by Crippen LogP contribution is -2.52. The zero-order valence-electron chi connectivity index (χ0n) is 13.7. The molecule has 0 aromatic carbocycles. The minimum absolute atomic E-state index is 0.0266. The van der Waals surface area contributed by atoms with Gasteiger partial charge in [0.2, 0.25) is 10.0 Å². The van der Waals surface area contributed by atoms with Gasteiger partial charge in [0.15, 0.2) is 0 Å². The standard InChI is InChI=1S/C14H27N3O4S/c1-4-21-14(2,3)11-22(19,20)16-8-5-6-12(10-16)17-9-7-15-13(17)18/h12H,4-11H2,1-3H3,(H,15,18). The highest BCUT2D eigenvalue weighted by atomic mass is 32.2. The van der Waals surface area contributed by atoms with Gasteiger partial charge in [0.1, 0.15) is 0 Å². The molecule has 2 amide bonds. The molecule has 8 heteroatoms. The fraction of sp³-hybridized carbons (Fsp3) is 0.929. The lowest BCUT2D eigenvalue weighted by atomic mass is 10.1. The number of hydrogen-bond donors (Lipinski definition) is 1. The average molecular weight is 333 g/mol. The first-order valence-corrected chi connectivity index (χ1v) is 9.52. The maximum atomic E-state index is 12.6. The number of amides is 2. The molecule has 1 N–H and O–H groups in total. The Kier molecular flexibility index (Phi) is 5.34. The van der Waals surface area contributed by atoms with Crippen LogP contribution >= 0.6 is 0 Å². The van der Waals surface area contributed by atoms with E-state index in [0.29, 0.717) is 32.8 Å². The summed E-state index contributed by atoms with van der Waals surface area (Å²) >= 11 is 0. The topological polar surface area (TPSA) is 79.0 Å². The van der Waals surface area contributed by atoms with E-state index in [4.69, 9.17) is 4.74 Å². The van der Waals surface area contributed by atoms with Crippen LogP contribution in [0.1, 0.15) is 33.6 Å². The summed E-state index contributed by atoms with van der Waals surface area (Å²) in [6, 6.07) is -0.111. The second-order valence-corrected chi connectivity index (χ2v) is 8.50. The quantitative estimate of drug-likeness (QED) is 0.773. The molecule has 1 atom stereocenters. The lowest BCUT2D eigenvalue weighted by Gasteiger charge is -2.37. The van der Waals surface area contributed by atoms with Crippen molar-refractivity contribution in [1.29, 1.82) is 0 Å². The van der Waals surface area contributed by atoms with E-state index in [1.165, 1.54) is 4.31 Å². The van der Waals surface area contributed by atoms with Crippen molar-refractivity contribution >= 4 is 16.1 Å². The van der Waals surface area contributed by atoms with Crippen LogP contribution in [-0.2, 0) is 14.8 Å². The van der Waals surface area contributed by atoms with Crippen LogP contribution in [0.15, 0.2) is 0 Å². The highest BCUT2D eigenvalue weighted by Gasteiger charge is 2.37. The van der Waals surface area contributed by atoms with Crippen LogP contribution < -0.4 is 5.32 Å². The van der Waals surface area contributed by atoms with E-state index in [0.717, 1.165) is 12.8 Å². The molecule has 2 aliphatic rings. The van der Waals surface area contributed by atoms with E-state index in [1.54, 1.807) is 18.7 Å². The van der Waals surface area contributed by atoms with Crippen molar-refractivity contribution in [3.05, 3.63) is 0 Å². The fourth-order valence-electron chi connectivity index (χ4n) is 3.23. The smallest absolute Gasteiger partial charge is 0.317 e. The molecule has 0 radical (unpaired) electrons. The Hall–Kier alpha value is -0.860. The van der Waals surface area contributed by atoms with Crippen molar-refractivity contribution < 1.29 is 17.9 Å². The molecular weight excluding hydrogens is 306 g/mol. The molecule has 2 fully saturated rings. The van der Waals surface area contributed by atoms with E-state index in [1.807, 2.05) is 6.92 Å². The number of nitrogens with one attached hydrogen (secondary N) is 1. The third-order valence-corrected chi connectivity index (χ3v) is 6.33. The first-order chi connectivity index (χ1) is 10.2. The molecule has 7 nitrogen and oxygen atoms in total. The third-order valence-electron chi connectivity index (χ3n) is 4.15.